The van der Waals surface area contributed by atoms with Gasteiger partial charge in [-0.3, -0.25) is 11.7 Å². The molecule has 0 bridgehead atoms. The number of hydrazine groups is 1. The Kier molecular flexibility index (Phi) is 14.5. The molecule has 0 aromatic heterocycles. The maximum atomic E-state index is 9.02. The average Bonchev–Trinajstić information content (AvgIpc) is 2.37. The highest BCUT2D eigenvalue weighted by Crippen LogP contribution is 2.21. The van der Waals surface area contributed by atoms with E-state index < -0.39 is 5.41 Å². The number of nitrogens with one attached hydrogen (secondary N) is 1. The topological polar surface area (TPSA) is 151 Å². The van der Waals surface area contributed by atoms with Crippen LogP contribution in [0.3, 0.4) is 0 Å². The standard InChI is InChI=1S/C9H22N2O3.H4N2/c10-3-5-11-4-1-2-9(6-12,7-13)8-14;1-2/h11-14H,1-8,10H2;1-2H2. The molecule has 0 radical (unpaired) electrons. The fourth-order valence-electron chi connectivity index (χ4n) is 1.20. The first-order valence-electron chi connectivity index (χ1n) is 5.31. The van der Waals surface area contributed by atoms with E-state index in [0.717, 1.165) is 19.5 Å². The van der Waals surface area contributed by atoms with Crippen LogP contribution in [0.1, 0.15) is 12.8 Å². The normalized spacial score (nSPS) is 10.9. The second-order valence-electron chi connectivity index (χ2n) is 3.62. The third kappa shape index (κ3) is 7.94. The molecule has 0 atom stereocenters. The van der Waals surface area contributed by atoms with Crippen molar-refractivity contribution in [3.05, 3.63) is 0 Å². The summed E-state index contributed by atoms with van der Waals surface area (Å²) in [5, 5.41) is 30.2. The Morgan fingerprint density at radius 2 is 1.44 bits per heavy atom. The van der Waals surface area contributed by atoms with E-state index in [1.165, 1.54) is 0 Å². The fourth-order valence-corrected chi connectivity index (χ4v) is 1.20. The number of nitrogens with two attached hydrogens (primary N) is 3. The predicted octanol–water partition coefficient (Wildman–Crippen LogP) is -2.90. The zero-order chi connectivity index (χ0) is 12.9. The Bertz CT molecular complexity index is 126. The van der Waals surface area contributed by atoms with Gasteiger partial charge in [0.25, 0.3) is 0 Å². The molecule has 10 N–H and O–H groups in total. The van der Waals surface area contributed by atoms with E-state index in [0.29, 0.717) is 13.0 Å². The second-order valence-corrected chi connectivity index (χ2v) is 3.62. The zero-order valence-corrected chi connectivity index (χ0v) is 9.73. The molecule has 16 heavy (non-hydrogen) atoms. The van der Waals surface area contributed by atoms with Gasteiger partial charge in [-0.25, -0.2) is 0 Å². The Morgan fingerprint density at radius 1 is 0.938 bits per heavy atom. The summed E-state index contributed by atoms with van der Waals surface area (Å²) in [5.41, 5.74) is 4.56. The number of hydrogen-bond donors (Lipinski definition) is 7. The molecule has 0 saturated heterocycles. The monoisotopic (exact) mass is 238 g/mol. The van der Waals surface area contributed by atoms with Gasteiger partial charge in [0.05, 0.1) is 19.8 Å². The molecule has 0 heterocycles. The molecule has 7 heteroatoms. The summed E-state index contributed by atoms with van der Waals surface area (Å²) in [4.78, 5) is 0. The highest BCUT2D eigenvalue weighted by atomic mass is 16.3. The van der Waals surface area contributed by atoms with Gasteiger partial charge in [0.2, 0.25) is 0 Å². The zero-order valence-electron chi connectivity index (χ0n) is 9.73. The van der Waals surface area contributed by atoms with Crippen LogP contribution in [0, 0.1) is 5.41 Å². The van der Waals surface area contributed by atoms with Crippen molar-refractivity contribution >= 4 is 0 Å². The van der Waals surface area contributed by atoms with Crippen LogP contribution < -0.4 is 22.7 Å². The second kappa shape index (κ2) is 12.8. The lowest BCUT2D eigenvalue weighted by atomic mass is 9.86. The minimum absolute atomic E-state index is 0.184. The van der Waals surface area contributed by atoms with Crippen LogP contribution in [0.5, 0.6) is 0 Å². The van der Waals surface area contributed by atoms with Gasteiger partial charge < -0.3 is 26.4 Å². The van der Waals surface area contributed by atoms with Crippen LogP contribution in [0.25, 0.3) is 0 Å². The van der Waals surface area contributed by atoms with E-state index >= 15 is 0 Å². The molecule has 0 aromatic carbocycles. The largest absolute Gasteiger partial charge is 0.396 e. The van der Waals surface area contributed by atoms with Crippen LogP contribution in [0.2, 0.25) is 0 Å². The van der Waals surface area contributed by atoms with Crippen molar-refractivity contribution in [2.45, 2.75) is 12.8 Å². The van der Waals surface area contributed by atoms with E-state index in [4.69, 9.17) is 21.1 Å². The number of aliphatic hydroxyl groups excluding tert-OH is 3. The summed E-state index contributed by atoms with van der Waals surface area (Å²) in [7, 11) is 0. The quantitative estimate of drug-likeness (QED) is 0.129. The van der Waals surface area contributed by atoms with Crippen molar-refractivity contribution in [1.29, 1.82) is 0 Å². The van der Waals surface area contributed by atoms with Crippen molar-refractivity contribution in [1.82, 2.24) is 5.32 Å². The fraction of sp³-hybridized carbons (Fsp3) is 1.00. The molecule has 0 aliphatic rings. The van der Waals surface area contributed by atoms with Gasteiger partial charge in [-0.1, -0.05) is 0 Å². The number of rotatable bonds is 9. The van der Waals surface area contributed by atoms with Gasteiger partial charge in [0, 0.05) is 18.5 Å². The van der Waals surface area contributed by atoms with Crippen LogP contribution in [0.15, 0.2) is 0 Å². The smallest absolute Gasteiger partial charge is 0.0531 e. The van der Waals surface area contributed by atoms with Gasteiger partial charge in [-0.2, -0.15) is 0 Å². The number of hydrogen-bond acceptors (Lipinski definition) is 7. The molecule has 0 rings (SSSR count). The molecular formula is C9H26N4O3. The summed E-state index contributed by atoms with van der Waals surface area (Å²) in [5.74, 6) is 8.00. The van der Waals surface area contributed by atoms with E-state index in [-0.39, 0.29) is 19.8 Å². The first kappa shape index (κ1) is 18.1. The maximum Gasteiger partial charge on any atom is 0.0531 e. The van der Waals surface area contributed by atoms with Crippen LogP contribution in [-0.4, -0.2) is 54.8 Å². The predicted molar refractivity (Wildman–Crippen MR) is 63.2 cm³/mol. The highest BCUT2D eigenvalue weighted by Gasteiger charge is 2.26. The minimum Gasteiger partial charge on any atom is -0.396 e. The molecule has 0 aliphatic heterocycles. The minimum atomic E-state index is -0.732. The van der Waals surface area contributed by atoms with Crippen LogP contribution in [-0.2, 0) is 0 Å². The lowest BCUT2D eigenvalue weighted by molar-refractivity contribution is -0.00175. The molecule has 100 valence electrons. The van der Waals surface area contributed by atoms with Gasteiger partial charge >= 0.3 is 0 Å². The Balaban J connectivity index is 0. The third-order valence-electron chi connectivity index (χ3n) is 2.39. The Hall–Kier alpha value is -0.280. The molecule has 0 unspecified atom stereocenters. The Morgan fingerprint density at radius 3 is 1.81 bits per heavy atom. The van der Waals surface area contributed by atoms with E-state index in [2.05, 4.69) is 17.0 Å². The van der Waals surface area contributed by atoms with E-state index in [1.807, 2.05) is 0 Å². The third-order valence-corrected chi connectivity index (χ3v) is 2.39. The summed E-state index contributed by atoms with van der Waals surface area (Å²) in [6, 6.07) is 0. The van der Waals surface area contributed by atoms with Crippen molar-refractivity contribution in [3.8, 4) is 0 Å². The van der Waals surface area contributed by atoms with Crippen molar-refractivity contribution in [3.63, 3.8) is 0 Å². The molecular weight excluding hydrogens is 212 g/mol. The maximum absolute atomic E-state index is 9.02. The van der Waals surface area contributed by atoms with E-state index in [9.17, 15) is 0 Å². The molecule has 7 nitrogen and oxygen atoms in total. The lowest BCUT2D eigenvalue weighted by Gasteiger charge is -2.27. The molecule has 0 saturated carbocycles. The first-order chi connectivity index (χ1) is 7.74. The molecule has 0 spiro atoms. The van der Waals surface area contributed by atoms with Crippen LogP contribution >= 0.6 is 0 Å². The van der Waals surface area contributed by atoms with Crippen molar-refractivity contribution < 1.29 is 15.3 Å². The molecule has 0 fully saturated rings. The van der Waals surface area contributed by atoms with E-state index in [1.54, 1.807) is 0 Å². The van der Waals surface area contributed by atoms with Gasteiger partial charge in [0.1, 0.15) is 0 Å². The van der Waals surface area contributed by atoms with Gasteiger partial charge in [-0.05, 0) is 19.4 Å². The SMILES string of the molecule is NCCNCCCC(CO)(CO)CO.NN. The summed E-state index contributed by atoms with van der Waals surface area (Å²) in [6.07, 6.45) is 1.41. The van der Waals surface area contributed by atoms with Crippen molar-refractivity contribution in [2.75, 3.05) is 39.5 Å². The Labute approximate surface area is 96.6 Å². The molecule has 0 amide bonds. The van der Waals surface area contributed by atoms with Gasteiger partial charge in [0.15, 0.2) is 0 Å². The van der Waals surface area contributed by atoms with Gasteiger partial charge in [-0.15, -0.1) is 0 Å². The molecule has 0 aliphatic carbocycles. The van der Waals surface area contributed by atoms with Crippen molar-refractivity contribution in [2.24, 2.45) is 22.8 Å². The molecule has 0 aromatic rings. The number of aliphatic hydroxyl groups is 3. The average molecular weight is 238 g/mol. The highest BCUT2D eigenvalue weighted by molar-refractivity contribution is 4.77. The summed E-state index contributed by atoms with van der Waals surface area (Å²) >= 11 is 0. The lowest BCUT2D eigenvalue weighted by Crippen LogP contribution is -2.35. The summed E-state index contributed by atoms with van der Waals surface area (Å²) < 4.78 is 0. The van der Waals surface area contributed by atoms with Crippen LogP contribution in [0.4, 0.5) is 0 Å². The summed E-state index contributed by atoms with van der Waals surface area (Å²) in [6.45, 7) is 1.61. The first-order valence-corrected chi connectivity index (χ1v) is 5.31.